The first-order valence-electron chi connectivity index (χ1n) is 5.54. The number of anilines is 2. The molecule has 2 rings (SSSR count). The summed E-state index contributed by atoms with van der Waals surface area (Å²) < 4.78 is 1.75. The summed E-state index contributed by atoms with van der Waals surface area (Å²) in [6, 6.07) is 4.03. The highest BCUT2D eigenvalue weighted by atomic mass is 15.3. The Bertz CT molecular complexity index is 615. The minimum atomic E-state index is 0.443. The first kappa shape index (κ1) is 12.0. The van der Waals surface area contributed by atoms with E-state index in [4.69, 9.17) is 0 Å². The zero-order valence-corrected chi connectivity index (χ0v) is 10.8. The Morgan fingerprint density at radius 1 is 1.28 bits per heavy atom. The van der Waals surface area contributed by atoms with E-state index < -0.39 is 0 Å². The summed E-state index contributed by atoms with van der Waals surface area (Å²) in [6.45, 7) is 5.64. The van der Waals surface area contributed by atoms with Crippen LogP contribution in [0.2, 0.25) is 0 Å². The maximum Gasteiger partial charge on any atom is 0.172 e. The Labute approximate surface area is 105 Å². The van der Waals surface area contributed by atoms with E-state index in [1.54, 1.807) is 4.68 Å². The van der Waals surface area contributed by atoms with Gasteiger partial charge in [0.2, 0.25) is 0 Å². The summed E-state index contributed by atoms with van der Waals surface area (Å²) in [5.74, 6) is 1.10. The van der Waals surface area contributed by atoms with Crippen molar-refractivity contribution in [3.05, 3.63) is 28.6 Å². The lowest BCUT2D eigenvalue weighted by atomic mass is 10.1. The zero-order valence-electron chi connectivity index (χ0n) is 10.8. The Kier molecular flexibility index (Phi) is 2.98. The lowest BCUT2D eigenvalue weighted by molar-refractivity contribution is 0.742. The summed E-state index contributed by atoms with van der Waals surface area (Å²) in [5, 5.41) is 24.5. The van der Waals surface area contributed by atoms with E-state index in [-0.39, 0.29) is 0 Å². The van der Waals surface area contributed by atoms with Crippen molar-refractivity contribution >= 4 is 11.6 Å². The molecular formula is C12H14N6. The number of hydrogen-bond donors (Lipinski definition) is 1. The van der Waals surface area contributed by atoms with Gasteiger partial charge < -0.3 is 5.32 Å². The van der Waals surface area contributed by atoms with E-state index in [1.165, 1.54) is 0 Å². The van der Waals surface area contributed by atoms with Crippen LogP contribution in [0.3, 0.4) is 0 Å². The second-order valence-corrected chi connectivity index (χ2v) is 4.17. The molecule has 0 radical (unpaired) electrons. The van der Waals surface area contributed by atoms with Crippen molar-refractivity contribution in [3.63, 3.8) is 0 Å². The number of nitrogens with one attached hydrogen (secondary N) is 1. The summed E-state index contributed by atoms with van der Waals surface area (Å²) in [7, 11) is 1.86. The van der Waals surface area contributed by atoms with Crippen LogP contribution in [0.4, 0.5) is 11.6 Å². The number of hydrogen-bond acceptors (Lipinski definition) is 5. The van der Waals surface area contributed by atoms with Crippen molar-refractivity contribution in [1.82, 2.24) is 20.0 Å². The maximum absolute atomic E-state index is 9.18. The fourth-order valence-corrected chi connectivity index (χ4v) is 1.58. The Hall–Kier alpha value is -2.42. The van der Waals surface area contributed by atoms with Gasteiger partial charge in [-0.05, 0) is 26.3 Å². The smallest absolute Gasteiger partial charge is 0.172 e. The monoisotopic (exact) mass is 242 g/mol. The van der Waals surface area contributed by atoms with Gasteiger partial charge in [0.05, 0.1) is 5.69 Å². The summed E-state index contributed by atoms with van der Waals surface area (Å²) in [5.41, 5.74) is 3.12. The minimum absolute atomic E-state index is 0.443. The summed E-state index contributed by atoms with van der Waals surface area (Å²) in [6.07, 6.45) is 0. The predicted molar refractivity (Wildman–Crippen MR) is 67.4 cm³/mol. The molecule has 2 aromatic rings. The molecule has 0 saturated carbocycles. The summed E-state index contributed by atoms with van der Waals surface area (Å²) >= 11 is 0. The third-order valence-corrected chi connectivity index (χ3v) is 2.93. The molecule has 0 atom stereocenters. The standard InChI is InChI=1S/C12H14N6/c1-7-5-11(17-18(7)4)14-12-10(6-13)8(2)9(3)15-16-12/h5H,1-4H3,(H,14,16,17). The number of nitrogens with zero attached hydrogens (tertiary/aromatic N) is 5. The van der Waals surface area contributed by atoms with E-state index in [2.05, 4.69) is 26.7 Å². The molecule has 0 fully saturated rings. The normalized spacial score (nSPS) is 10.2. The van der Waals surface area contributed by atoms with Crippen LogP contribution in [-0.2, 0) is 7.05 Å². The molecule has 18 heavy (non-hydrogen) atoms. The van der Waals surface area contributed by atoms with E-state index in [0.717, 1.165) is 17.0 Å². The van der Waals surface area contributed by atoms with E-state index in [9.17, 15) is 5.26 Å². The molecular weight excluding hydrogens is 228 g/mol. The second kappa shape index (κ2) is 4.45. The Balaban J connectivity index is 2.41. The van der Waals surface area contributed by atoms with E-state index in [1.807, 2.05) is 33.9 Å². The Morgan fingerprint density at radius 3 is 2.56 bits per heavy atom. The molecule has 0 amide bonds. The average Bonchev–Trinajstić information content (AvgIpc) is 2.64. The molecule has 0 aliphatic rings. The van der Waals surface area contributed by atoms with Gasteiger partial charge in [-0.15, -0.1) is 5.10 Å². The zero-order chi connectivity index (χ0) is 13.3. The van der Waals surface area contributed by atoms with Gasteiger partial charge in [-0.3, -0.25) is 4.68 Å². The quantitative estimate of drug-likeness (QED) is 0.867. The van der Waals surface area contributed by atoms with Gasteiger partial charge in [0, 0.05) is 18.8 Å². The average molecular weight is 242 g/mol. The SMILES string of the molecule is Cc1nnc(Nc2cc(C)n(C)n2)c(C#N)c1C. The van der Waals surface area contributed by atoms with Crippen molar-refractivity contribution in [2.75, 3.05) is 5.32 Å². The van der Waals surface area contributed by atoms with Crippen LogP contribution < -0.4 is 5.32 Å². The van der Waals surface area contributed by atoms with Crippen molar-refractivity contribution in [1.29, 1.82) is 5.26 Å². The molecule has 0 aliphatic carbocycles. The molecule has 0 saturated heterocycles. The largest absolute Gasteiger partial charge is 0.321 e. The molecule has 6 nitrogen and oxygen atoms in total. The molecule has 0 bridgehead atoms. The summed E-state index contributed by atoms with van der Waals surface area (Å²) in [4.78, 5) is 0. The number of aromatic nitrogens is 4. The van der Waals surface area contributed by atoms with Gasteiger partial charge >= 0.3 is 0 Å². The molecule has 92 valence electrons. The molecule has 0 unspecified atom stereocenters. The van der Waals surface area contributed by atoms with Crippen molar-refractivity contribution in [2.24, 2.45) is 7.05 Å². The molecule has 0 aliphatic heterocycles. The van der Waals surface area contributed by atoms with Crippen molar-refractivity contribution < 1.29 is 0 Å². The third-order valence-electron chi connectivity index (χ3n) is 2.93. The van der Waals surface area contributed by atoms with Crippen LogP contribution in [0.25, 0.3) is 0 Å². The highest BCUT2D eigenvalue weighted by Crippen LogP contribution is 2.20. The molecule has 0 spiro atoms. The number of aryl methyl sites for hydroxylation is 3. The molecule has 1 N–H and O–H groups in total. The van der Waals surface area contributed by atoms with Crippen LogP contribution in [0.1, 0.15) is 22.5 Å². The number of rotatable bonds is 2. The van der Waals surface area contributed by atoms with E-state index >= 15 is 0 Å². The maximum atomic E-state index is 9.18. The number of nitriles is 1. The fraction of sp³-hybridized carbons (Fsp3) is 0.333. The Morgan fingerprint density at radius 2 is 2.00 bits per heavy atom. The second-order valence-electron chi connectivity index (χ2n) is 4.17. The minimum Gasteiger partial charge on any atom is -0.321 e. The molecule has 6 heteroatoms. The van der Waals surface area contributed by atoms with Crippen LogP contribution in [0, 0.1) is 32.1 Å². The van der Waals surface area contributed by atoms with Crippen molar-refractivity contribution in [3.8, 4) is 6.07 Å². The first-order chi connectivity index (χ1) is 8.52. The van der Waals surface area contributed by atoms with Crippen molar-refractivity contribution in [2.45, 2.75) is 20.8 Å². The van der Waals surface area contributed by atoms with Crippen LogP contribution >= 0.6 is 0 Å². The lowest BCUT2D eigenvalue weighted by Gasteiger charge is -2.07. The van der Waals surface area contributed by atoms with Gasteiger partial charge in [0.25, 0.3) is 0 Å². The first-order valence-corrected chi connectivity index (χ1v) is 5.54. The highest BCUT2D eigenvalue weighted by molar-refractivity contribution is 5.62. The third kappa shape index (κ3) is 2.02. The lowest BCUT2D eigenvalue weighted by Crippen LogP contribution is -2.04. The van der Waals surface area contributed by atoms with Crippen LogP contribution in [0.15, 0.2) is 6.07 Å². The van der Waals surface area contributed by atoms with Gasteiger partial charge in [0.15, 0.2) is 11.6 Å². The molecule has 2 heterocycles. The van der Waals surface area contributed by atoms with E-state index in [0.29, 0.717) is 17.2 Å². The molecule has 2 aromatic heterocycles. The van der Waals surface area contributed by atoms with Gasteiger partial charge in [-0.1, -0.05) is 0 Å². The topological polar surface area (TPSA) is 79.4 Å². The molecule has 0 aromatic carbocycles. The fourth-order valence-electron chi connectivity index (χ4n) is 1.58. The van der Waals surface area contributed by atoms with Gasteiger partial charge in [-0.2, -0.15) is 15.5 Å². The van der Waals surface area contributed by atoms with Gasteiger partial charge in [0.1, 0.15) is 11.6 Å². The van der Waals surface area contributed by atoms with Crippen LogP contribution in [0.5, 0.6) is 0 Å². The van der Waals surface area contributed by atoms with Gasteiger partial charge in [-0.25, -0.2) is 0 Å². The predicted octanol–water partition coefficient (Wildman–Crippen LogP) is 1.75. The highest BCUT2D eigenvalue weighted by Gasteiger charge is 2.12. The van der Waals surface area contributed by atoms with Crippen LogP contribution in [-0.4, -0.2) is 20.0 Å².